The Morgan fingerprint density at radius 3 is 2.45 bits per heavy atom. The van der Waals surface area contributed by atoms with Gasteiger partial charge in [-0.1, -0.05) is 27.7 Å². The fourth-order valence-electron chi connectivity index (χ4n) is 2.78. The van der Waals surface area contributed by atoms with Gasteiger partial charge < -0.3 is 5.11 Å². The summed E-state index contributed by atoms with van der Waals surface area (Å²) in [5.41, 5.74) is 1.24. The number of aromatic nitrogens is 1. The molecule has 0 bridgehead atoms. The van der Waals surface area contributed by atoms with Crippen molar-refractivity contribution in [2.45, 2.75) is 52.1 Å². The number of rotatable bonds is 5. The number of carbonyl (C=O) groups is 1. The summed E-state index contributed by atoms with van der Waals surface area (Å²) in [4.78, 5) is 20.4. The number of hydrogen-bond acceptors (Lipinski definition) is 5. The molecule has 0 saturated carbocycles. The number of hydrogen-bond donors (Lipinski definition) is 1. The Balaban J connectivity index is 1.87. The van der Waals surface area contributed by atoms with Crippen LogP contribution in [0.3, 0.4) is 0 Å². The van der Waals surface area contributed by atoms with Crippen LogP contribution in [0.1, 0.15) is 44.8 Å². The number of carboxylic acid groups (broad SMARTS) is 1. The van der Waals surface area contributed by atoms with Gasteiger partial charge in [-0.15, -0.1) is 11.3 Å². The van der Waals surface area contributed by atoms with E-state index in [2.05, 4.69) is 36.0 Å². The molecule has 1 aliphatic rings. The second-order valence-electron chi connectivity index (χ2n) is 6.97. The topological polar surface area (TPSA) is 56.7 Å². The lowest BCUT2D eigenvalue weighted by Gasteiger charge is -2.37. The van der Waals surface area contributed by atoms with Gasteiger partial charge in [0.2, 0.25) is 0 Å². The summed E-state index contributed by atoms with van der Waals surface area (Å²) < 4.78 is 0. The monoisotopic (exact) mass is 325 g/mol. The highest BCUT2D eigenvalue weighted by molar-refractivity contribution is 7.09. The number of thiazole rings is 1. The first-order valence-electron chi connectivity index (χ1n) is 7.95. The maximum Gasteiger partial charge on any atom is 0.320 e. The van der Waals surface area contributed by atoms with Gasteiger partial charge in [0.25, 0.3) is 0 Å². The van der Waals surface area contributed by atoms with Crippen LogP contribution in [0.4, 0.5) is 0 Å². The van der Waals surface area contributed by atoms with Gasteiger partial charge in [-0.2, -0.15) is 0 Å². The highest BCUT2D eigenvalue weighted by atomic mass is 32.1. The molecule has 0 aliphatic carbocycles. The third kappa shape index (κ3) is 4.27. The molecule has 124 valence electrons. The van der Waals surface area contributed by atoms with E-state index in [1.54, 1.807) is 11.3 Å². The number of piperazine rings is 1. The standard InChI is InChI=1S/C16H27N3O2S/c1-5-13(14(20)21)19-8-6-18(7-9-19)10-12-11-22-15(17-12)16(2,3)4/h11,13H,5-10H2,1-4H3,(H,20,21)/t13-/m0/s1. The Hall–Kier alpha value is -0.980. The summed E-state index contributed by atoms with van der Waals surface area (Å²) >= 11 is 1.73. The van der Waals surface area contributed by atoms with E-state index in [9.17, 15) is 9.90 Å². The van der Waals surface area contributed by atoms with Crippen LogP contribution < -0.4 is 0 Å². The predicted molar refractivity (Wildman–Crippen MR) is 89.4 cm³/mol. The van der Waals surface area contributed by atoms with Crippen LogP contribution in [-0.2, 0) is 16.8 Å². The maximum atomic E-state index is 11.2. The maximum absolute atomic E-state index is 11.2. The average Bonchev–Trinajstić information content (AvgIpc) is 2.89. The van der Waals surface area contributed by atoms with Gasteiger partial charge in [-0.3, -0.25) is 14.6 Å². The molecule has 0 amide bonds. The van der Waals surface area contributed by atoms with Crippen molar-refractivity contribution in [3.05, 3.63) is 16.1 Å². The van der Waals surface area contributed by atoms with E-state index in [4.69, 9.17) is 4.98 Å². The van der Waals surface area contributed by atoms with Gasteiger partial charge in [0.15, 0.2) is 0 Å². The predicted octanol–water partition coefficient (Wildman–Crippen LogP) is 2.42. The van der Waals surface area contributed by atoms with Crippen molar-refractivity contribution in [3.8, 4) is 0 Å². The van der Waals surface area contributed by atoms with Gasteiger partial charge in [-0.25, -0.2) is 4.98 Å². The van der Waals surface area contributed by atoms with Gasteiger partial charge in [0.05, 0.1) is 10.7 Å². The molecule has 0 aromatic carbocycles. The summed E-state index contributed by atoms with van der Waals surface area (Å²) in [5.74, 6) is -0.703. The third-order valence-corrected chi connectivity index (χ3v) is 5.42. The number of carboxylic acids is 1. The van der Waals surface area contributed by atoms with Crippen LogP contribution in [0.2, 0.25) is 0 Å². The summed E-state index contributed by atoms with van der Waals surface area (Å²) in [5, 5.41) is 12.6. The smallest absolute Gasteiger partial charge is 0.320 e. The molecule has 1 fully saturated rings. The minimum atomic E-state index is -0.703. The lowest BCUT2D eigenvalue weighted by Crippen LogP contribution is -2.52. The molecule has 1 aliphatic heterocycles. The number of aliphatic carboxylic acids is 1. The highest BCUT2D eigenvalue weighted by Gasteiger charge is 2.27. The Bertz CT molecular complexity index is 502. The van der Waals surface area contributed by atoms with Gasteiger partial charge in [0, 0.05) is 43.5 Å². The highest BCUT2D eigenvalue weighted by Crippen LogP contribution is 2.26. The molecule has 1 N–H and O–H groups in total. The first-order chi connectivity index (χ1) is 10.3. The Morgan fingerprint density at radius 2 is 2.00 bits per heavy atom. The van der Waals surface area contributed by atoms with Crippen LogP contribution in [0, 0.1) is 0 Å². The molecule has 6 heteroatoms. The molecule has 0 radical (unpaired) electrons. The molecule has 1 atom stereocenters. The molecular weight excluding hydrogens is 298 g/mol. The zero-order valence-corrected chi connectivity index (χ0v) is 14.8. The zero-order chi connectivity index (χ0) is 16.3. The van der Waals surface area contributed by atoms with Crippen LogP contribution in [0.25, 0.3) is 0 Å². The van der Waals surface area contributed by atoms with E-state index < -0.39 is 5.97 Å². The molecule has 0 unspecified atom stereocenters. The normalized spacial score (nSPS) is 19.3. The SMILES string of the molecule is CC[C@@H](C(=O)O)N1CCN(Cc2csc(C(C)(C)C)n2)CC1. The summed E-state index contributed by atoms with van der Waals surface area (Å²) in [7, 11) is 0. The van der Waals surface area contributed by atoms with E-state index >= 15 is 0 Å². The second-order valence-corrected chi connectivity index (χ2v) is 7.83. The molecule has 22 heavy (non-hydrogen) atoms. The largest absolute Gasteiger partial charge is 0.480 e. The minimum Gasteiger partial charge on any atom is -0.480 e. The van der Waals surface area contributed by atoms with Gasteiger partial charge in [-0.05, 0) is 6.42 Å². The molecular formula is C16H27N3O2S. The van der Waals surface area contributed by atoms with E-state index in [-0.39, 0.29) is 11.5 Å². The fourth-order valence-corrected chi connectivity index (χ4v) is 3.67. The fraction of sp³-hybridized carbons (Fsp3) is 0.750. The quantitative estimate of drug-likeness (QED) is 0.901. The Morgan fingerprint density at radius 1 is 1.36 bits per heavy atom. The van der Waals surface area contributed by atoms with Crippen molar-refractivity contribution >= 4 is 17.3 Å². The van der Waals surface area contributed by atoms with E-state index in [0.29, 0.717) is 6.42 Å². The zero-order valence-electron chi connectivity index (χ0n) is 14.0. The molecule has 5 nitrogen and oxygen atoms in total. The number of nitrogens with zero attached hydrogens (tertiary/aromatic N) is 3. The van der Waals surface area contributed by atoms with Gasteiger partial charge >= 0.3 is 5.97 Å². The van der Waals surface area contributed by atoms with Crippen molar-refractivity contribution in [1.29, 1.82) is 0 Å². The van der Waals surface area contributed by atoms with Gasteiger partial charge in [0.1, 0.15) is 6.04 Å². The first kappa shape index (κ1) is 17.4. The van der Waals surface area contributed by atoms with Crippen LogP contribution in [-0.4, -0.2) is 58.1 Å². The molecule has 2 rings (SSSR count). The summed E-state index contributed by atoms with van der Waals surface area (Å²) in [6.07, 6.45) is 0.663. The summed E-state index contributed by atoms with van der Waals surface area (Å²) in [6.45, 7) is 12.8. The third-order valence-electron chi connectivity index (χ3n) is 4.10. The molecule has 1 saturated heterocycles. The Kier molecular flexibility index (Phi) is 5.58. The lowest BCUT2D eigenvalue weighted by molar-refractivity contribution is -0.144. The van der Waals surface area contributed by atoms with E-state index in [0.717, 1.165) is 38.4 Å². The molecule has 1 aromatic rings. The van der Waals surface area contributed by atoms with Crippen molar-refractivity contribution in [1.82, 2.24) is 14.8 Å². The van der Waals surface area contributed by atoms with Crippen molar-refractivity contribution in [3.63, 3.8) is 0 Å². The summed E-state index contributed by atoms with van der Waals surface area (Å²) in [6, 6.07) is -0.339. The van der Waals surface area contributed by atoms with Crippen molar-refractivity contribution < 1.29 is 9.90 Å². The Labute approximate surface area is 137 Å². The average molecular weight is 325 g/mol. The van der Waals surface area contributed by atoms with Crippen LogP contribution in [0.15, 0.2) is 5.38 Å². The molecule has 1 aromatic heterocycles. The van der Waals surface area contributed by atoms with Crippen LogP contribution in [0.5, 0.6) is 0 Å². The first-order valence-corrected chi connectivity index (χ1v) is 8.83. The molecule has 2 heterocycles. The van der Waals surface area contributed by atoms with Crippen LogP contribution >= 0.6 is 11.3 Å². The van der Waals surface area contributed by atoms with E-state index in [1.807, 2.05) is 6.92 Å². The van der Waals surface area contributed by atoms with E-state index in [1.165, 1.54) is 5.01 Å². The minimum absolute atomic E-state index is 0.109. The second kappa shape index (κ2) is 7.06. The lowest BCUT2D eigenvalue weighted by atomic mass is 9.98. The van der Waals surface area contributed by atoms with Crippen molar-refractivity contribution in [2.75, 3.05) is 26.2 Å². The van der Waals surface area contributed by atoms with Crippen molar-refractivity contribution in [2.24, 2.45) is 0 Å². The molecule has 0 spiro atoms.